The smallest absolute Gasteiger partial charge is 0.226 e. The SMILES string of the molecule is O=Nc1ccc2c(c1)BC(c1ccc(O)c(O)c1)=C(O)C2=O. The molecule has 0 amide bonds. The molecule has 108 valence electrons. The number of fused-ring (bicyclic) bond motifs is 1. The van der Waals surface area contributed by atoms with Gasteiger partial charge in [-0.1, -0.05) is 11.5 Å². The van der Waals surface area contributed by atoms with Crippen molar-refractivity contribution >= 4 is 29.7 Å². The van der Waals surface area contributed by atoms with Crippen molar-refractivity contribution in [3.8, 4) is 11.5 Å². The van der Waals surface area contributed by atoms with E-state index in [0.29, 0.717) is 22.1 Å². The Morgan fingerprint density at radius 1 is 0.955 bits per heavy atom. The van der Waals surface area contributed by atoms with Crippen LogP contribution in [0.3, 0.4) is 0 Å². The zero-order chi connectivity index (χ0) is 15.9. The fourth-order valence-electron chi connectivity index (χ4n) is 2.49. The van der Waals surface area contributed by atoms with Crippen molar-refractivity contribution in [3.63, 3.8) is 0 Å². The summed E-state index contributed by atoms with van der Waals surface area (Å²) in [5.74, 6) is -1.61. The highest BCUT2D eigenvalue weighted by Gasteiger charge is 2.27. The van der Waals surface area contributed by atoms with Crippen molar-refractivity contribution in [2.24, 2.45) is 5.18 Å². The number of nitrogens with zero attached hydrogens (tertiary/aromatic N) is 1. The van der Waals surface area contributed by atoms with Crippen molar-refractivity contribution < 1.29 is 20.1 Å². The van der Waals surface area contributed by atoms with Crippen molar-refractivity contribution in [1.82, 2.24) is 0 Å². The normalized spacial score (nSPS) is 13.5. The maximum atomic E-state index is 12.2. The number of rotatable bonds is 2. The summed E-state index contributed by atoms with van der Waals surface area (Å²) in [5.41, 5.74) is 1.81. The fraction of sp³-hybridized carbons (Fsp3) is 0. The summed E-state index contributed by atoms with van der Waals surface area (Å²) < 4.78 is 0. The summed E-state index contributed by atoms with van der Waals surface area (Å²) in [6.07, 6.45) is 0. The molecule has 0 aliphatic carbocycles. The molecule has 22 heavy (non-hydrogen) atoms. The topological polar surface area (TPSA) is 107 Å². The Kier molecular flexibility index (Phi) is 3.17. The number of allylic oxidation sites excluding steroid dienone is 1. The molecule has 0 aromatic heterocycles. The first kappa shape index (κ1) is 13.9. The summed E-state index contributed by atoms with van der Waals surface area (Å²) in [6.45, 7) is 0. The van der Waals surface area contributed by atoms with Gasteiger partial charge in [-0.3, -0.25) is 4.79 Å². The van der Waals surface area contributed by atoms with E-state index in [0.717, 1.165) is 0 Å². The molecule has 3 rings (SSSR count). The Bertz CT molecular complexity index is 844. The number of benzene rings is 2. The number of nitroso groups, excluding NO2 is 1. The number of phenols is 2. The summed E-state index contributed by atoms with van der Waals surface area (Å²) in [4.78, 5) is 22.8. The van der Waals surface area contributed by atoms with Gasteiger partial charge in [-0.25, -0.2) is 0 Å². The molecule has 2 aromatic rings. The molecule has 0 bridgehead atoms. The number of hydrogen-bond acceptors (Lipinski definition) is 6. The second-order valence-electron chi connectivity index (χ2n) is 4.97. The van der Waals surface area contributed by atoms with Crippen molar-refractivity contribution in [2.75, 3.05) is 0 Å². The molecule has 0 atom stereocenters. The molecule has 1 heterocycles. The van der Waals surface area contributed by atoms with Gasteiger partial charge < -0.3 is 15.3 Å². The number of hydrogen-bond donors (Lipinski definition) is 3. The molecule has 0 saturated carbocycles. The summed E-state index contributed by atoms with van der Waals surface area (Å²) in [7, 11) is 0.209. The number of aliphatic hydroxyl groups is 1. The van der Waals surface area contributed by atoms with Gasteiger partial charge >= 0.3 is 0 Å². The lowest BCUT2D eigenvalue weighted by Gasteiger charge is -2.18. The molecular weight excluding hydrogens is 285 g/mol. The first-order valence-corrected chi connectivity index (χ1v) is 6.46. The van der Waals surface area contributed by atoms with Gasteiger partial charge in [0.05, 0.1) is 0 Å². The molecule has 0 unspecified atom stereocenters. The summed E-state index contributed by atoms with van der Waals surface area (Å²) in [5, 5.41) is 31.9. The third-order valence-electron chi connectivity index (χ3n) is 3.63. The predicted octanol–water partition coefficient (Wildman–Crippen LogP) is 1.68. The van der Waals surface area contributed by atoms with Gasteiger partial charge in [-0.15, -0.1) is 4.91 Å². The molecule has 0 spiro atoms. The molecule has 6 nitrogen and oxygen atoms in total. The highest BCUT2D eigenvalue weighted by Crippen LogP contribution is 2.31. The van der Waals surface area contributed by atoms with E-state index in [4.69, 9.17) is 0 Å². The Morgan fingerprint density at radius 3 is 2.41 bits per heavy atom. The fourth-order valence-corrected chi connectivity index (χ4v) is 2.49. The second kappa shape index (κ2) is 5.03. The summed E-state index contributed by atoms with van der Waals surface area (Å²) in [6, 6.07) is 8.38. The Hall–Kier alpha value is -3.09. The third-order valence-corrected chi connectivity index (χ3v) is 3.63. The maximum Gasteiger partial charge on any atom is 0.226 e. The zero-order valence-corrected chi connectivity index (χ0v) is 11.3. The highest BCUT2D eigenvalue weighted by atomic mass is 16.3. The Balaban J connectivity index is 2.12. The minimum absolute atomic E-state index is 0.195. The average molecular weight is 295 g/mol. The van der Waals surface area contributed by atoms with Crippen molar-refractivity contribution in [1.29, 1.82) is 0 Å². The lowest BCUT2D eigenvalue weighted by molar-refractivity contribution is 0.0980. The van der Waals surface area contributed by atoms with Crippen LogP contribution in [0.5, 0.6) is 11.5 Å². The van der Waals surface area contributed by atoms with Gasteiger partial charge in [-0.2, -0.15) is 0 Å². The minimum atomic E-state index is -0.554. The van der Waals surface area contributed by atoms with Crippen LogP contribution in [0.1, 0.15) is 15.9 Å². The number of aromatic hydroxyl groups is 2. The predicted molar refractivity (Wildman–Crippen MR) is 82.3 cm³/mol. The first-order valence-electron chi connectivity index (χ1n) is 6.46. The van der Waals surface area contributed by atoms with Crippen molar-refractivity contribution in [3.05, 3.63) is 58.2 Å². The number of carbonyl (C=O) groups is 1. The Morgan fingerprint density at radius 2 is 1.73 bits per heavy atom. The average Bonchev–Trinajstić information content (AvgIpc) is 2.53. The molecule has 0 fully saturated rings. The van der Waals surface area contributed by atoms with Crippen LogP contribution in [0, 0.1) is 4.91 Å². The Labute approximate surface area is 125 Å². The van der Waals surface area contributed by atoms with Crippen molar-refractivity contribution in [2.45, 2.75) is 0 Å². The van der Waals surface area contributed by atoms with Crippen LogP contribution in [-0.4, -0.2) is 28.4 Å². The van der Waals surface area contributed by atoms with Crippen LogP contribution in [0.25, 0.3) is 5.47 Å². The van der Waals surface area contributed by atoms with E-state index >= 15 is 0 Å². The van der Waals surface area contributed by atoms with Crippen LogP contribution in [-0.2, 0) is 0 Å². The largest absolute Gasteiger partial charge is 0.504 e. The highest BCUT2D eigenvalue weighted by molar-refractivity contribution is 6.77. The first-order chi connectivity index (χ1) is 10.5. The molecule has 1 aliphatic rings. The van der Waals surface area contributed by atoms with E-state index in [-0.39, 0.29) is 24.5 Å². The van der Waals surface area contributed by atoms with Crippen LogP contribution >= 0.6 is 0 Å². The molecular formula is C15H10BNO5. The van der Waals surface area contributed by atoms with Gasteiger partial charge in [-0.05, 0) is 46.5 Å². The second-order valence-corrected chi connectivity index (χ2v) is 4.97. The third kappa shape index (κ3) is 2.12. The quantitative estimate of drug-likeness (QED) is 0.444. The monoisotopic (exact) mass is 295 g/mol. The number of carbonyl (C=O) groups excluding carboxylic acids is 1. The van der Waals surface area contributed by atoms with E-state index in [1.807, 2.05) is 0 Å². The number of ketones is 1. The van der Waals surface area contributed by atoms with Crippen LogP contribution < -0.4 is 5.46 Å². The summed E-state index contributed by atoms with van der Waals surface area (Å²) >= 11 is 0. The van der Waals surface area contributed by atoms with Crippen LogP contribution in [0.4, 0.5) is 5.69 Å². The van der Waals surface area contributed by atoms with Gasteiger partial charge in [0.1, 0.15) is 5.69 Å². The lowest BCUT2D eigenvalue weighted by Crippen LogP contribution is -2.31. The van der Waals surface area contributed by atoms with Gasteiger partial charge in [0.25, 0.3) is 0 Å². The van der Waals surface area contributed by atoms with E-state index in [1.165, 1.54) is 36.4 Å². The molecule has 0 saturated heterocycles. The van der Waals surface area contributed by atoms with Crippen LogP contribution in [0.15, 0.2) is 47.3 Å². The van der Waals surface area contributed by atoms with Gasteiger partial charge in [0, 0.05) is 5.56 Å². The van der Waals surface area contributed by atoms with E-state index < -0.39 is 11.5 Å². The molecule has 1 aliphatic heterocycles. The standard InChI is InChI=1S/C15H10BNO5/c18-11-4-1-7(5-12(11)19)13-15(21)14(20)9-3-2-8(17-22)6-10(9)16-13/h1-6,16,18-19,21H. The number of phenolic OH excluding ortho intramolecular Hbond substituents is 2. The molecule has 0 radical (unpaired) electrons. The molecule has 7 heteroatoms. The molecule has 2 aromatic carbocycles. The van der Waals surface area contributed by atoms with E-state index in [9.17, 15) is 25.0 Å². The maximum absolute atomic E-state index is 12.2. The van der Waals surface area contributed by atoms with E-state index in [1.54, 1.807) is 0 Å². The number of Topliss-reactive ketones (excluding diaryl/α,β-unsaturated/α-hetero) is 1. The van der Waals surface area contributed by atoms with Crippen LogP contribution in [0.2, 0.25) is 0 Å². The lowest BCUT2D eigenvalue weighted by atomic mass is 9.55. The zero-order valence-electron chi connectivity index (χ0n) is 11.3. The number of aliphatic hydroxyl groups excluding tert-OH is 1. The minimum Gasteiger partial charge on any atom is -0.504 e. The molecule has 3 N–H and O–H groups in total. The van der Waals surface area contributed by atoms with E-state index in [2.05, 4.69) is 5.18 Å². The van der Waals surface area contributed by atoms with Gasteiger partial charge in [0.15, 0.2) is 24.5 Å². The van der Waals surface area contributed by atoms with Gasteiger partial charge in [0.2, 0.25) is 5.78 Å².